The van der Waals surface area contributed by atoms with Gasteiger partial charge in [0.1, 0.15) is 0 Å². The number of rotatable bonds is 1. The molecule has 0 aromatic carbocycles. The van der Waals surface area contributed by atoms with Gasteiger partial charge in [-0.25, -0.2) is 4.98 Å². The van der Waals surface area contributed by atoms with Gasteiger partial charge in [0.2, 0.25) is 0 Å². The van der Waals surface area contributed by atoms with Crippen molar-refractivity contribution < 1.29 is 4.98 Å². The SMILES string of the molecule is SCc1[nH]nc2[nH+]cccc12. The Bertz CT molecular complexity index is 368. The molecular formula is C7H8N3S+. The van der Waals surface area contributed by atoms with Gasteiger partial charge in [0.25, 0.3) is 0 Å². The minimum absolute atomic E-state index is 0.689. The first-order valence-corrected chi connectivity index (χ1v) is 3.99. The van der Waals surface area contributed by atoms with Gasteiger partial charge in [-0.1, -0.05) is 0 Å². The summed E-state index contributed by atoms with van der Waals surface area (Å²) in [6.07, 6.45) is 1.85. The second-order valence-electron chi connectivity index (χ2n) is 2.29. The summed E-state index contributed by atoms with van der Waals surface area (Å²) in [5, 5.41) is 8.08. The summed E-state index contributed by atoms with van der Waals surface area (Å²) in [7, 11) is 0. The van der Waals surface area contributed by atoms with E-state index in [9.17, 15) is 0 Å². The zero-order valence-electron chi connectivity index (χ0n) is 5.83. The molecule has 0 bridgehead atoms. The van der Waals surface area contributed by atoms with E-state index in [-0.39, 0.29) is 0 Å². The maximum atomic E-state index is 4.17. The first kappa shape index (κ1) is 6.67. The van der Waals surface area contributed by atoms with Gasteiger partial charge in [-0.15, -0.1) is 0 Å². The van der Waals surface area contributed by atoms with Crippen molar-refractivity contribution in [1.29, 1.82) is 0 Å². The summed E-state index contributed by atoms with van der Waals surface area (Å²) in [5.74, 6) is 0.689. The van der Waals surface area contributed by atoms with Crippen LogP contribution in [0.5, 0.6) is 0 Å². The van der Waals surface area contributed by atoms with Crippen LogP contribution in [0.1, 0.15) is 5.69 Å². The predicted molar refractivity (Wildman–Crippen MR) is 45.3 cm³/mol. The molecule has 0 aliphatic carbocycles. The van der Waals surface area contributed by atoms with E-state index in [4.69, 9.17) is 0 Å². The minimum atomic E-state index is 0.689. The van der Waals surface area contributed by atoms with Crippen molar-refractivity contribution in [2.75, 3.05) is 0 Å². The largest absolute Gasteiger partial charge is 0.355 e. The van der Waals surface area contributed by atoms with Crippen molar-refractivity contribution in [3.63, 3.8) is 0 Å². The lowest BCUT2D eigenvalue weighted by atomic mass is 10.3. The molecule has 2 heterocycles. The molecule has 0 saturated heterocycles. The van der Waals surface area contributed by atoms with Crippen molar-refractivity contribution in [2.45, 2.75) is 5.75 Å². The summed E-state index contributed by atoms with van der Waals surface area (Å²) in [6.45, 7) is 0. The van der Waals surface area contributed by atoms with Crippen LogP contribution in [-0.2, 0) is 5.75 Å². The van der Waals surface area contributed by atoms with Gasteiger partial charge in [0.15, 0.2) is 0 Å². The molecule has 0 amide bonds. The Hall–Kier alpha value is -1.03. The zero-order chi connectivity index (χ0) is 7.68. The van der Waals surface area contributed by atoms with Gasteiger partial charge in [-0.3, -0.25) is 0 Å². The molecule has 0 aliphatic rings. The Morgan fingerprint density at radius 2 is 2.55 bits per heavy atom. The maximum absolute atomic E-state index is 4.17. The van der Waals surface area contributed by atoms with E-state index in [1.54, 1.807) is 0 Å². The lowest BCUT2D eigenvalue weighted by Gasteiger charge is -1.84. The van der Waals surface area contributed by atoms with E-state index in [1.807, 2.05) is 18.3 Å². The molecule has 3 nitrogen and oxygen atoms in total. The molecule has 0 aliphatic heterocycles. The normalized spacial score (nSPS) is 10.6. The Kier molecular flexibility index (Phi) is 1.54. The summed E-state index contributed by atoms with van der Waals surface area (Å²) >= 11 is 4.17. The molecule has 0 radical (unpaired) electrons. The molecule has 0 spiro atoms. The molecule has 0 fully saturated rings. The van der Waals surface area contributed by atoms with Crippen LogP contribution < -0.4 is 4.98 Å². The lowest BCUT2D eigenvalue weighted by molar-refractivity contribution is -0.347. The molecule has 2 aromatic heterocycles. The third-order valence-electron chi connectivity index (χ3n) is 1.62. The van der Waals surface area contributed by atoms with Crippen LogP contribution in [0.25, 0.3) is 11.0 Å². The van der Waals surface area contributed by atoms with E-state index >= 15 is 0 Å². The topological polar surface area (TPSA) is 42.8 Å². The quantitative estimate of drug-likeness (QED) is 0.605. The monoisotopic (exact) mass is 166 g/mol. The molecule has 11 heavy (non-hydrogen) atoms. The zero-order valence-corrected chi connectivity index (χ0v) is 6.73. The van der Waals surface area contributed by atoms with Crippen molar-refractivity contribution >= 4 is 23.7 Å². The summed E-state index contributed by atoms with van der Waals surface area (Å²) in [5.41, 5.74) is 1.94. The van der Waals surface area contributed by atoms with Gasteiger partial charge in [-0.2, -0.15) is 17.7 Å². The van der Waals surface area contributed by atoms with Gasteiger partial charge in [0.05, 0.1) is 22.4 Å². The highest BCUT2D eigenvalue weighted by molar-refractivity contribution is 7.79. The fourth-order valence-electron chi connectivity index (χ4n) is 1.07. The Morgan fingerprint density at radius 1 is 1.64 bits per heavy atom. The molecule has 0 saturated carbocycles. The van der Waals surface area contributed by atoms with Crippen LogP contribution in [0.2, 0.25) is 0 Å². The summed E-state index contributed by atoms with van der Waals surface area (Å²) in [4.78, 5) is 3.03. The van der Waals surface area contributed by atoms with Crippen molar-refractivity contribution in [3.05, 3.63) is 24.0 Å². The van der Waals surface area contributed by atoms with Crippen molar-refractivity contribution in [3.8, 4) is 0 Å². The van der Waals surface area contributed by atoms with Gasteiger partial charge in [0, 0.05) is 5.75 Å². The first-order chi connectivity index (χ1) is 5.42. The Morgan fingerprint density at radius 3 is 3.36 bits per heavy atom. The van der Waals surface area contributed by atoms with E-state index in [1.165, 1.54) is 0 Å². The van der Waals surface area contributed by atoms with Crippen molar-refractivity contribution in [2.24, 2.45) is 0 Å². The third-order valence-corrected chi connectivity index (χ3v) is 1.94. The number of H-pyrrole nitrogens is 2. The lowest BCUT2D eigenvalue weighted by Crippen LogP contribution is -2.00. The highest BCUT2D eigenvalue weighted by Crippen LogP contribution is 2.11. The smallest absolute Gasteiger partial charge is 0.242 e. The van der Waals surface area contributed by atoms with Gasteiger partial charge < -0.3 is 0 Å². The number of thiol groups is 1. The Balaban J connectivity index is 2.76. The molecule has 56 valence electrons. The van der Waals surface area contributed by atoms with Crippen LogP contribution in [0.4, 0.5) is 0 Å². The molecule has 0 atom stereocenters. The minimum Gasteiger partial charge on any atom is -0.242 e. The summed E-state index contributed by atoms with van der Waals surface area (Å²) < 4.78 is 0. The number of hydrogen-bond acceptors (Lipinski definition) is 2. The summed E-state index contributed by atoms with van der Waals surface area (Å²) in [6, 6.07) is 3.96. The van der Waals surface area contributed by atoms with Gasteiger partial charge >= 0.3 is 5.65 Å². The van der Waals surface area contributed by atoms with E-state index in [0.717, 1.165) is 16.7 Å². The highest BCUT2D eigenvalue weighted by atomic mass is 32.1. The standard InChI is InChI=1S/C7H7N3S/c11-4-6-5-2-1-3-8-7(5)10-9-6/h1-3,11H,4H2,(H,8,9,10)/p+1. The molecule has 2 rings (SSSR count). The number of aromatic amines is 2. The number of pyridine rings is 1. The number of aromatic nitrogens is 3. The van der Waals surface area contributed by atoms with Crippen molar-refractivity contribution in [1.82, 2.24) is 10.2 Å². The molecule has 4 heteroatoms. The first-order valence-electron chi connectivity index (χ1n) is 3.36. The maximum Gasteiger partial charge on any atom is 0.355 e. The molecule has 0 unspecified atom stereocenters. The molecular weight excluding hydrogens is 158 g/mol. The molecule has 2 N–H and O–H groups in total. The highest BCUT2D eigenvalue weighted by Gasteiger charge is 2.08. The molecule has 2 aromatic rings. The fourth-order valence-corrected chi connectivity index (χ4v) is 1.31. The van der Waals surface area contributed by atoms with Crippen LogP contribution in [-0.4, -0.2) is 10.2 Å². The number of fused-ring (bicyclic) bond motifs is 1. The van der Waals surface area contributed by atoms with E-state index < -0.39 is 0 Å². The van der Waals surface area contributed by atoms with Crippen LogP contribution in [0.15, 0.2) is 18.3 Å². The van der Waals surface area contributed by atoms with Crippen LogP contribution in [0.3, 0.4) is 0 Å². The number of hydrogen-bond donors (Lipinski definition) is 2. The second kappa shape index (κ2) is 2.54. The number of nitrogens with zero attached hydrogens (tertiary/aromatic N) is 1. The van der Waals surface area contributed by atoms with E-state index in [0.29, 0.717) is 5.75 Å². The number of nitrogens with one attached hydrogen (secondary N) is 2. The average Bonchev–Trinajstić information content (AvgIpc) is 2.47. The Labute approximate surface area is 69.2 Å². The van der Waals surface area contributed by atoms with E-state index in [2.05, 4.69) is 27.8 Å². The third kappa shape index (κ3) is 0.991. The average molecular weight is 166 g/mol. The van der Waals surface area contributed by atoms with Gasteiger partial charge in [-0.05, 0) is 12.1 Å². The van der Waals surface area contributed by atoms with Crippen LogP contribution >= 0.6 is 12.6 Å². The fraction of sp³-hybridized carbons (Fsp3) is 0.143. The second-order valence-corrected chi connectivity index (χ2v) is 2.61. The predicted octanol–water partition coefficient (Wildman–Crippen LogP) is 0.807. The van der Waals surface area contributed by atoms with Crippen LogP contribution in [0, 0.1) is 0 Å².